The molecule has 5 heteroatoms. The van der Waals surface area contributed by atoms with Gasteiger partial charge in [0.15, 0.2) is 5.82 Å². The number of anilines is 2. The van der Waals surface area contributed by atoms with Crippen LogP contribution in [0, 0.1) is 0 Å². The molecule has 2 aromatic carbocycles. The lowest BCUT2D eigenvalue weighted by Gasteiger charge is -2.09. The molecule has 3 aromatic rings. The number of rotatable bonds is 4. The second kappa shape index (κ2) is 8.48. The van der Waals surface area contributed by atoms with Gasteiger partial charge in [0.05, 0.1) is 12.8 Å². The van der Waals surface area contributed by atoms with Crippen LogP contribution in [-0.4, -0.2) is 22.1 Å². The maximum absolute atomic E-state index is 5.30. The van der Waals surface area contributed by atoms with Crippen molar-refractivity contribution in [1.82, 2.24) is 15.0 Å². The van der Waals surface area contributed by atoms with Gasteiger partial charge in [0.2, 0.25) is 5.95 Å². The zero-order valence-electron chi connectivity index (χ0n) is 13.5. The minimum Gasteiger partial charge on any atom is -0.495 e. The molecule has 0 unspecified atom stereocenters. The predicted molar refractivity (Wildman–Crippen MR) is 92.9 cm³/mol. The second-order valence-corrected chi connectivity index (χ2v) is 4.32. The van der Waals surface area contributed by atoms with Gasteiger partial charge >= 0.3 is 0 Å². The molecule has 0 radical (unpaired) electrons. The predicted octanol–water partition coefficient (Wildman–Crippen LogP) is 4.32. The molecule has 1 aromatic heterocycles. The molecule has 0 saturated heterocycles. The average Bonchev–Trinajstić information content (AvgIpc) is 2.65. The molecular weight excluding hydrogens is 288 g/mol. The van der Waals surface area contributed by atoms with Crippen LogP contribution in [0.2, 0.25) is 0 Å². The van der Waals surface area contributed by atoms with Crippen LogP contribution in [0.4, 0.5) is 11.6 Å². The summed E-state index contributed by atoms with van der Waals surface area (Å²) in [5.74, 6) is 1.84. The number of nitrogens with zero attached hydrogens (tertiary/aromatic N) is 3. The number of ether oxygens (including phenoxy) is 1. The average molecular weight is 308 g/mol. The van der Waals surface area contributed by atoms with Crippen LogP contribution in [0.3, 0.4) is 0 Å². The number of aromatic nitrogens is 3. The Labute approximate surface area is 136 Å². The number of methoxy groups -OCH3 is 1. The van der Waals surface area contributed by atoms with E-state index < -0.39 is 0 Å². The van der Waals surface area contributed by atoms with Crippen molar-refractivity contribution in [2.75, 3.05) is 12.4 Å². The molecule has 0 atom stereocenters. The van der Waals surface area contributed by atoms with Gasteiger partial charge in [-0.15, -0.1) is 0 Å². The number of para-hydroxylation sites is 2. The molecule has 0 spiro atoms. The first-order chi connectivity index (χ1) is 11.4. The Kier molecular flexibility index (Phi) is 6.06. The molecule has 118 valence electrons. The molecule has 0 fully saturated rings. The van der Waals surface area contributed by atoms with E-state index in [0.29, 0.717) is 11.8 Å². The topological polar surface area (TPSA) is 59.9 Å². The highest BCUT2D eigenvalue weighted by Gasteiger charge is 2.06. The Morgan fingerprint density at radius 2 is 1.57 bits per heavy atom. The molecule has 1 heterocycles. The van der Waals surface area contributed by atoms with E-state index in [1.165, 1.54) is 6.33 Å². The molecule has 3 rings (SSSR count). The largest absolute Gasteiger partial charge is 0.495 e. The normalized spacial score (nSPS) is 9.52. The molecule has 0 saturated carbocycles. The first kappa shape index (κ1) is 16.4. The summed E-state index contributed by atoms with van der Waals surface area (Å²) in [5, 5.41) is 3.15. The maximum Gasteiger partial charge on any atom is 0.230 e. The van der Waals surface area contributed by atoms with Crippen molar-refractivity contribution >= 4 is 11.6 Å². The first-order valence-corrected chi connectivity index (χ1v) is 7.51. The van der Waals surface area contributed by atoms with Crippen molar-refractivity contribution in [2.24, 2.45) is 0 Å². The van der Waals surface area contributed by atoms with E-state index in [1.54, 1.807) is 7.11 Å². The Morgan fingerprint density at radius 3 is 2.30 bits per heavy atom. The van der Waals surface area contributed by atoms with Crippen molar-refractivity contribution in [2.45, 2.75) is 13.8 Å². The number of benzene rings is 2. The summed E-state index contributed by atoms with van der Waals surface area (Å²) in [6, 6.07) is 17.4. The van der Waals surface area contributed by atoms with Gasteiger partial charge in [0, 0.05) is 5.56 Å². The Bertz CT molecular complexity index is 732. The minimum atomic E-state index is 0.480. The van der Waals surface area contributed by atoms with Crippen LogP contribution in [-0.2, 0) is 0 Å². The van der Waals surface area contributed by atoms with Gasteiger partial charge in [-0.1, -0.05) is 56.3 Å². The summed E-state index contributed by atoms with van der Waals surface area (Å²) in [6.45, 7) is 4.00. The fraction of sp³-hybridized carbons (Fsp3) is 0.167. The molecule has 0 bridgehead atoms. The Hall–Kier alpha value is -2.95. The van der Waals surface area contributed by atoms with E-state index in [-0.39, 0.29) is 0 Å². The zero-order valence-corrected chi connectivity index (χ0v) is 13.5. The smallest absolute Gasteiger partial charge is 0.230 e. The maximum atomic E-state index is 5.30. The van der Waals surface area contributed by atoms with Gasteiger partial charge in [-0.25, -0.2) is 9.97 Å². The fourth-order valence-corrected chi connectivity index (χ4v) is 1.95. The van der Waals surface area contributed by atoms with Crippen LogP contribution in [0.25, 0.3) is 11.4 Å². The quantitative estimate of drug-likeness (QED) is 0.778. The summed E-state index contributed by atoms with van der Waals surface area (Å²) in [7, 11) is 1.63. The number of hydrogen-bond donors (Lipinski definition) is 1. The van der Waals surface area contributed by atoms with E-state index in [1.807, 2.05) is 68.4 Å². The minimum absolute atomic E-state index is 0.480. The van der Waals surface area contributed by atoms with Gasteiger partial charge in [0.25, 0.3) is 0 Å². The SMILES string of the molecule is CC.COc1ccccc1Nc1ncnc(-c2ccccc2)n1. The molecule has 0 amide bonds. The van der Waals surface area contributed by atoms with Crippen molar-refractivity contribution in [3.05, 3.63) is 60.9 Å². The molecule has 1 N–H and O–H groups in total. The lowest BCUT2D eigenvalue weighted by molar-refractivity contribution is 0.417. The third kappa shape index (κ3) is 4.26. The molecule has 0 aliphatic rings. The van der Waals surface area contributed by atoms with Crippen LogP contribution in [0.5, 0.6) is 5.75 Å². The molecule has 0 aliphatic carbocycles. The molecule has 5 nitrogen and oxygen atoms in total. The van der Waals surface area contributed by atoms with Crippen LogP contribution in [0.1, 0.15) is 13.8 Å². The van der Waals surface area contributed by atoms with Crippen molar-refractivity contribution in [3.63, 3.8) is 0 Å². The van der Waals surface area contributed by atoms with Gasteiger partial charge in [-0.2, -0.15) is 4.98 Å². The summed E-state index contributed by atoms with van der Waals surface area (Å²) in [4.78, 5) is 12.8. The van der Waals surface area contributed by atoms with E-state index >= 15 is 0 Å². The number of nitrogens with one attached hydrogen (secondary N) is 1. The third-order valence-corrected chi connectivity index (χ3v) is 2.96. The van der Waals surface area contributed by atoms with Crippen LogP contribution >= 0.6 is 0 Å². The highest BCUT2D eigenvalue weighted by Crippen LogP contribution is 2.25. The summed E-state index contributed by atoms with van der Waals surface area (Å²) in [6.07, 6.45) is 1.49. The van der Waals surface area contributed by atoms with Crippen LogP contribution in [0.15, 0.2) is 60.9 Å². The Balaban J connectivity index is 0.000000924. The van der Waals surface area contributed by atoms with E-state index in [4.69, 9.17) is 4.74 Å². The second-order valence-electron chi connectivity index (χ2n) is 4.32. The van der Waals surface area contributed by atoms with Crippen molar-refractivity contribution in [1.29, 1.82) is 0 Å². The lowest BCUT2D eigenvalue weighted by Crippen LogP contribution is -2.01. The number of hydrogen-bond acceptors (Lipinski definition) is 5. The highest BCUT2D eigenvalue weighted by atomic mass is 16.5. The molecule has 0 aliphatic heterocycles. The van der Waals surface area contributed by atoms with Gasteiger partial charge in [-0.05, 0) is 12.1 Å². The van der Waals surface area contributed by atoms with Gasteiger partial charge in [0.1, 0.15) is 12.1 Å². The van der Waals surface area contributed by atoms with Gasteiger partial charge in [-0.3, -0.25) is 0 Å². The first-order valence-electron chi connectivity index (χ1n) is 7.51. The van der Waals surface area contributed by atoms with Crippen molar-refractivity contribution < 1.29 is 4.74 Å². The summed E-state index contributed by atoms with van der Waals surface area (Å²) >= 11 is 0. The molecular formula is C18H20N4O. The summed E-state index contributed by atoms with van der Waals surface area (Å²) < 4.78 is 5.30. The van der Waals surface area contributed by atoms with E-state index in [0.717, 1.165) is 17.0 Å². The highest BCUT2D eigenvalue weighted by molar-refractivity contribution is 5.63. The van der Waals surface area contributed by atoms with E-state index in [9.17, 15) is 0 Å². The Morgan fingerprint density at radius 1 is 0.870 bits per heavy atom. The standard InChI is InChI=1S/C16H14N4O.C2H6/c1-21-14-10-6-5-9-13(14)19-16-18-11-17-15(20-16)12-7-3-2-4-8-12;1-2/h2-11H,1H3,(H,17,18,19,20);1-2H3. The van der Waals surface area contributed by atoms with E-state index in [2.05, 4.69) is 20.3 Å². The van der Waals surface area contributed by atoms with Crippen molar-refractivity contribution in [3.8, 4) is 17.1 Å². The zero-order chi connectivity index (χ0) is 16.5. The molecule has 23 heavy (non-hydrogen) atoms. The fourth-order valence-electron chi connectivity index (χ4n) is 1.95. The third-order valence-electron chi connectivity index (χ3n) is 2.96. The summed E-state index contributed by atoms with van der Waals surface area (Å²) in [5.41, 5.74) is 1.76. The van der Waals surface area contributed by atoms with Crippen LogP contribution < -0.4 is 10.1 Å². The monoisotopic (exact) mass is 308 g/mol. The lowest BCUT2D eigenvalue weighted by atomic mass is 10.2. The van der Waals surface area contributed by atoms with Gasteiger partial charge < -0.3 is 10.1 Å².